The van der Waals surface area contributed by atoms with Crippen molar-refractivity contribution in [3.05, 3.63) is 41.2 Å². The van der Waals surface area contributed by atoms with Crippen LogP contribution in [0.25, 0.3) is 0 Å². The van der Waals surface area contributed by atoms with Gasteiger partial charge in [0.05, 0.1) is 5.69 Å². The number of carbonyl (C=O) groups is 1. The minimum absolute atomic E-state index is 0.193. The Balaban J connectivity index is 1.89. The molecule has 0 saturated heterocycles. The zero-order chi connectivity index (χ0) is 13.7. The third-order valence-corrected chi connectivity index (χ3v) is 3.40. The van der Waals surface area contributed by atoms with Gasteiger partial charge in [0.1, 0.15) is 5.82 Å². The number of benzene rings is 1. The minimum Gasteiger partial charge on any atom is -0.382 e. The molecule has 19 heavy (non-hydrogen) atoms. The summed E-state index contributed by atoms with van der Waals surface area (Å²) in [6.45, 7) is 0.707. The van der Waals surface area contributed by atoms with Crippen molar-refractivity contribution in [2.75, 3.05) is 11.9 Å². The molecule has 1 aromatic carbocycles. The molecule has 0 atom stereocenters. The van der Waals surface area contributed by atoms with Gasteiger partial charge in [-0.1, -0.05) is 11.6 Å². The lowest BCUT2D eigenvalue weighted by Gasteiger charge is -2.14. The average Bonchev–Trinajstić information content (AvgIpc) is 2.41. The van der Waals surface area contributed by atoms with Crippen LogP contribution in [0, 0.1) is 5.82 Å². The molecule has 0 radical (unpaired) electrons. The number of primary amides is 1. The van der Waals surface area contributed by atoms with E-state index in [4.69, 9.17) is 5.73 Å². The van der Waals surface area contributed by atoms with Crippen molar-refractivity contribution in [3.63, 3.8) is 0 Å². The van der Waals surface area contributed by atoms with Crippen molar-refractivity contribution in [1.29, 1.82) is 0 Å². The summed E-state index contributed by atoms with van der Waals surface area (Å²) in [7, 11) is 0. The Labute approximate surface area is 112 Å². The molecule has 4 heteroatoms. The number of nitrogens with one attached hydrogen (secondary N) is 1. The lowest BCUT2D eigenvalue weighted by atomic mass is 9.97. The summed E-state index contributed by atoms with van der Waals surface area (Å²) >= 11 is 0. The topological polar surface area (TPSA) is 55.1 Å². The minimum atomic E-state index is -0.613. The van der Waals surface area contributed by atoms with Gasteiger partial charge < -0.3 is 11.1 Å². The molecule has 102 valence electrons. The molecule has 0 aliphatic heterocycles. The number of hydrogen-bond acceptors (Lipinski definition) is 2. The first-order valence-electron chi connectivity index (χ1n) is 6.68. The number of carbonyl (C=O) groups excluding carboxylic acids is 1. The van der Waals surface area contributed by atoms with Gasteiger partial charge in [-0.2, -0.15) is 0 Å². The lowest BCUT2D eigenvalue weighted by Crippen LogP contribution is -2.12. The second kappa shape index (κ2) is 6.36. The van der Waals surface area contributed by atoms with E-state index in [1.807, 2.05) is 0 Å². The zero-order valence-corrected chi connectivity index (χ0v) is 10.9. The molecule has 0 fully saturated rings. The molecule has 2 rings (SSSR count). The molecular weight excluding hydrogens is 243 g/mol. The fourth-order valence-electron chi connectivity index (χ4n) is 2.30. The van der Waals surface area contributed by atoms with Crippen molar-refractivity contribution in [2.45, 2.75) is 32.1 Å². The molecule has 1 aliphatic carbocycles. The van der Waals surface area contributed by atoms with Crippen molar-refractivity contribution in [3.8, 4) is 0 Å². The standard InChI is InChI=1S/C15H19FN2O/c16-13-10-12(15(17)19)6-7-14(13)18-9-8-11-4-2-1-3-5-11/h4,6-7,10,18H,1-3,5,8-9H2,(H2,17,19). The van der Waals surface area contributed by atoms with Gasteiger partial charge in [0.15, 0.2) is 0 Å². The second-order valence-corrected chi connectivity index (χ2v) is 4.84. The van der Waals surface area contributed by atoms with Crippen LogP contribution >= 0.6 is 0 Å². The Morgan fingerprint density at radius 3 is 2.84 bits per heavy atom. The normalized spacial score (nSPS) is 14.9. The van der Waals surface area contributed by atoms with Crippen LogP contribution in [0.15, 0.2) is 29.8 Å². The van der Waals surface area contributed by atoms with Gasteiger partial charge in [-0.25, -0.2) is 4.39 Å². The highest BCUT2D eigenvalue weighted by Crippen LogP contribution is 2.21. The molecule has 0 bridgehead atoms. The van der Waals surface area contributed by atoms with E-state index in [1.54, 1.807) is 6.07 Å². The number of hydrogen-bond donors (Lipinski definition) is 2. The summed E-state index contributed by atoms with van der Waals surface area (Å²) < 4.78 is 13.7. The third-order valence-electron chi connectivity index (χ3n) is 3.40. The van der Waals surface area contributed by atoms with Gasteiger partial charge in [0, 0.05) is 12.1 Å². The molecule has 3 N–H and O–H groups in total. The number of allylic oxidation sites excluding steroid dienone is 1. The highest BCUT2D eigenvalue weighted by atomic mass is 19.1. The fourth-order valence-corrected chi connectivity index (χ4v) is 2.30. The molecule has 0 heterocycles. The predicted octanol–water partition coefficient (Wildman–Crippen LogP) is 3.23. The van der Waals surface area contributed by atoms with Gasteiger partial charge >= 0.3 is 0 Å². The van der Waals surface area contributed by atoms with Gasteiger partial charge in [-0.15, -0.1) is 0 Å². The Morgan fingerprint density at radius 2 is 2.21 bits per heavy atom. The van der Waals surface area contributed by atoms with E-state index in [9.17, 15) is 9.18 Å². The molecule has 0 spiro atoms. The van der Waals surface area contributed by atoms with E-state index in [1.165, 1.54) is 30.5 Å². The van der Waals surface area contributed by atoms with Crippen molar-refractivity contribution in [2.24, 2.45) is 5.73 Å². The van der Waals surface area contributed by atoms with Crippen LogP contribution < -0.4 is 11.1 Å². The van der Waals surface area contributed by atoms with E-state index >= 15 is 0 Å². The monoisotopic (exact) mass is 262 g/mol. The SMILES string of the molecule is NC(=O)c1ccc(NCCC2=CCCCC2)c(F)c1. The number of rotatable bonds is 5. The van der Waals surface area contributed by atoms with Gasteiger partial charge in [-0.3, -0.25) is 4.79 Å². The third kappa shape index (κ3) is 3.81. The Kier molecular flexibility index (Phi) is 4.55. The highest BCUT2D eigenvalue weighted by molar-refractivity contribution is 5.93. The Bertz CT molecular complexity index is 497. The van der Waals surface area contributed by atoms with Gasteiger partial charge in [0.2, 0.25) is 5.91 Å². The Hall–Kier alpha value is -1.84. The summed E-state index contributed by atoms with van der Waals surface area (Å²) in [4.78, 5) is 10.9. The molecule has 1 aromatic rings. The molecule has 1 amide bonds. The van der Waals surface area contributed by atoms with E-state index in [-0.39, 0.29) is 5.56 Å². The lowest BCUT2D eigenvalue weighted by molar-refractivity contribution is 0.1000. The highest BCUT2D eigenvalue weighted by Gasteiger charge is 2.07. The van der Waals surface area contributed by atoms with Crippen LogP contribution in [0.3, 0.4) is 0 Å². The van der Waals surface area contributed by atoms with Crippen LogP contribution in [0.5, 0.6) is 0 Å². The summed E-state index contributed by atoms with van der Waals surface area (Å²) in [6, 6.07) is 4.27. The second-order valence-electron chi connectivity index (χ2n) is 4.84. The van der Waals surface area contributed by atoms with Crippen LogP contribution in [0.4, 0.5) is 10.1 Å². The fraction of sp³-hybridized carbons (Fsp3) is 0.400. The Morgan fingerprint density at radius 1 is 1.37 bits per heavy atom. The maximum absolute atomic E-state index is 13.7. The van der Waals surface area contributed by atoms with Crippen LogP contribution in [-0.2, 0) is 0 Å². The molecular formula is C15H19FN2O. The van der Waals surface area contributed by atoms with Gasteiger partial charge in [-0.05, 0) is 50.3 Å². The van der Waals surface area contributed by atoms with Crippen LogP contribution in [-0.4, -0.2) is 12.5 Å². The largest absolute Gasteiger partial charge is 0.382 e. The smallest absolute Gasteiger partial charge is 0.248 e. The summed E-state index contributed by atoms with van der Waals surface area (Å²) in [5, 5.41) is 3.06. The average molecular weight is 262 g/mol. The maximum Gasteiger partial charge on any atom is 0.248 e. The van der Waals surface area contributed by atoms with Crippen molar-refractivity contribution in [1.82, 2.24) is 0 Å². The zero-order valence-electron chi connectivity index (χ0n) is 10.9. The predicted molar refractivity (Wildman–Crippen MR) is 74.6 cm³/mol. The summed E-state index contributed by atoms with van der Waals surface area (Å²) in [6.07, 6.45) is 8.09. The van der Waals surface area contributed by atoms with Crippen LogP contribution in [0.1, 0.15) is 42.5 Å². The van der Waals surface area contributed by atoms with E-state index in [0.29, 0.717) is 12.2 Å². The van der Waals surface area contributed by atoms with E-state index in [2.05, 4.69) is 11.4 Å². The first kappa shape index (κ1) is 13.6. The molecule has 0 unspecified atom stereocenters. The van der Waals surface area contributed by atoms with Crippen molar-refractivity contribution >= 4 is 11.6 Å². The number of amides is 1. The van der Waals surface area contributed by atoms with E-state index < -0.39 is 11.7 Å². The molecule has 0 saturated carbocycles. The molecule has 0 aromatic heterocycles. The van der Waals surface area contributed by atoms with Crippen molar-refractivity contribution < 1.29 is 9.18 Å². The summed E-state index contributed by atoms with van der Waals surface area (Å²) in [5.74, 6) is -1.05. The first-order chi connectivity index (χ1) is 9.16. The number of nitrogens with two attached hydrogens (primary N) is 1. The molecule has 3 nitrogen and oxygen atoms in total. The first-order valence-corrected chi connectivity index (χ1v) is 6.68. The van der Waals surface area contributed by atoms with Crippen LogP contribution in [0.2, 0.25) is 0 Å². The van der Waals surface area contributed by atoms with E-state index in [0.717, 1.165) is 19.3 Å². The number of halogens is 1. The summed E-state index contributed by atoms with van der Waals surface area (Å²) in [5.41, 5.74) is 7.16. The maximum atomic E-state index is 13.7. The van der Waals surface area contributed by atoms with Gasteiger partial charge in [0.25, 0.3) is 0 Å². The molecule has 1 aliphatic rings. The quantitative estimate of drug-likeness (QED) is 0.800. The number of anilines is 1.